The number of benzene rings is 1. The molecule has 120 valence electrons. The number of rotatable bonds is 3. The molecule has 0 atom stereocenters. The van der Waals surface area contributed by atoms with Gasteiger partial charge in [0.05, 0.1) is 17.8 Å². The van der Waals surface area contributed by atoms with Gasteiger partial charge in [-0.3, -0.25) is 0 Å². The molecule has 2 aromatic rings. The van der Waals surface area contributed by atoms with Crippen molar-refractivity contribution in [1.29, 1.82) is 0 Å². The van der Waals surface area contributed by atoms with E-state index in [0.717, 1.165) is 0 Å². The van der Waals surface area contributed by atoms with Gasteiger partial charge in [-0.25, -0.2) is 14.2 Å². The fourth-order valence-corrected chi connectivity index (χ4v) is 2.37. The van der Waals surface area contributed by atoms with Crippen LogP contribution >= 0.6 is 11.6 Å². The number of nitrogen functional groups attached to an aromatic ring is 1. The summed E-state index contributed by atoms with van der Waals surface area (Å²) in [7, 11) is 1.41. The molecule has 0 saturated heterocycles. The first-order valence-electron chi connectivity index (χ1n) is 6.29. The van der Waals surface area contributed by atoms with Gasteiger partial charge in [-0.05, 0) is 12.1 Å². The molecule has 23 heavy (non-hydrogen) atoms. The predicted molar refractivity (Wildman–Crippen MR) is 78.7 cm³/mol. The summed E-state index contributed by atoms with van der Waals surface area (Å²) < 4.78 is 30.1. The lowest BCUT2D eigenvalue weighted by Gasteiger charge is -2.11. The molecule has 1 aliphatic rings. The van der Waals surface area contributed by atoms with Crippen molar-refractivity contribution in [3.8, 4) is 28.5 Å². The molecule has 9 heteroatoms. The Labute approximate surface area is 134 Å². The molecule has 0 radical (unpaired) electrons. The summed E-state index contributed by atoms with van der Waals surface area (Å²) in [5, 5.41) is 8.66. The van der Waals surface area contributed by atoms with Gasteiger partial charge in [0.15, 0.2) is 23.0 Å². The van der Waals surface area contributed by atoms with Crippen molar-refractivity contribution in [2.75, 3.05) is 19.6 Å². The van der Waals surface area contributed by atoms with Crippen LogP contribution in [-0.4, -0.2) is 30.0 Å². The van der Waals surface area contributed by atoms with E-state index < -0.39 is 28.2 Å². The predicted octanol–water partition coefficient (Wildman–Crippen LogP) is 2.56. The lowest BCUT2D eigenvalue weighted by atomic mass is 10.1. The van der Waals surface area contributed by atoms with Crippen LogP contribution in [0.25, 0.3) is 11.3 Å². The van der Waals surface area contributed by atoms with Gasteiger partial charge >= 0.3 is 5.97 Å². The Hall–Kier alpha value is -2.74. The molecule has 0 bridgehead atoms. The number of pyridine rings is 1. The molecule has 1 aliphatic heterocycles. The average Bonchev–Trinajstić information content (AvgIpc) is 3.00. The SMILES string of the molecule is COc1cc(-c2nc(C(=O)O)c(Cl)c(N)c2F)cc2c1OCO2. The number of hydrogen-bond donors (Lipinski definition) is 2. The average molecular weight is 341 g/mol. The number of hydrogen-bond acceptors (Lipinski definition) is 6. The van der Waals surface area contributed by atoms with E-state index in [1.165, 1.54) is 19.2 Å². The van der Waals surface area contributed by atoms with Crippen LogP contribution < -0.4 is 19.9 Å². The zero-order valence-corrected chi connectivity index (χ0v) is 12.5. The van der Waals surface area contributed by atoms with E-state index in [1.54, 1.807) is 0 Å². The van der Waals surface area contributed by atoms with Crippen LogP contribution in [0.5, 0.6) is 17.2 Å². The van der Waals surface area contributed by atoms with Crippen LogP contribution in [0.3, 0.4) is 0 Å². The normalized spacial score (nSPS) is 12.3. The summed E-state index contributed by atoms with van der Waals surface area (Å²) in [5.41, 5.74) is 4.45. The van der Waals surface area contributed by atoms with E-state index in [2.05, 4.69) is 4.98 Å². The number of aromatic carboxylic acids is 1. The van der Waals surface area contributed by atoms with Crippen molar-refractivity contribution < 1.29 is 28.5 Å². The molecular weight excluding hydrogens is 331 g/mol. The number of nitrogens with two attached hydrogens (primary N) is 1. The van der Waals surface area contributed by atoms with E-state index in [-0.39, 0.29) is 18.1 Å². The highest BCUT2D eigenvalue weighted by atomic mass is 35.5. The molecule has 2 heterocycles. The number of carboxylic acids is 1. The van der Waals surface area contributed by atoms with Gasteiger partial charge in [0.25, 0.3) is 0 Å². The molecular formula is C14H10ClFN2O5. The van der Waals surface area contributed by atoms with Crippen molar-refractivity contribution >= 4 is 23.3 Å². The van der Waals surface area contributed by atoms with Gasteiger partial charge < -0.3 is 25.1 Å². The highest BCUT2D eigenvalue weighted by molar-refractivity contribution is 6.35. The third kappa shape index (κ3) is 2.36. The van der Waals surface area contributed by atoms with Gasteiger partial charge in [0.2, 0.25) is 12.5 Å². The smallest absolute Gasteiger partial charge is 0.356 e. The maximum Gasteiger partial charge on any atom is 0.356 e. The van der Waals surface area contributed by atoms with Crippen LogP contribution in [0.4, 0.5) is 10.1 Å². The maximum absolute atomic E-state index is 14.4. The molecule has 1 aromatic heterocycles. The molecule has 7 nitrogen and oxygen atoms in total. The first-order chi connectivity index (χ1) is 10.9. The first-order valence-corrected chi connectivity index (χ1v) is 6.67. The third-order valence-electron chi connectivity index (χ3n) is 3.25. The minimum atomic E-state index is -1.42. The summed E-state index contributed by atoms with van der Waals surface area (Å²) in [6, 6.07) is 2.90. The Bertz CT molecular complexity index is 828. The number of ether oxygens (including phenoxy) is 3. The monoisotopic (exact) mass is 340 g/mol. The summed E-state index contributed by atoms with van der Waals surface area (Å²) in [4.78, 5) is 14.9. The summed E-state index contributed by atoms with van der Waals surface area (Å²) >= 11 is 5.73. The van der Waals surface area contributed by atoms with Gasteiger partial charge in [0.1, 0.15) is 5.69 Å². The molecule has 3 rings (SSSR count). The van der Waals surface area contributed by atoms with Crippen LogP contribution in [0.15, 0.2) is 12.1 Å². The van der Waals surface area contributed by atoms with E-state index >= 15 is 0 Å². The summed E-state index contributed by atoms with van der Waals surface area (Å²) in [5.74, 6) is -1.36. The van der Waals surface area contributed by atoms with Crippen LogP contribution in [-0.2, 0) is 0 Å². The molecule has 0 saturated carbocycles. The summed E-state index contributed by atoms with van der Waals surface area (Å²) in [6.07, 6.45) is 0. The van der Waals surface area contributed by atoms with E-state index in [9.17, 15) is 9.18 Å². The number of carbonyl (C=O) groups is 1. The van der Waals surface area contributed by atoms with Crippen molar-refractivity contribution in [1.82, 2.24) is 4.98 Å². The van der Waals surface area contributed by atoms with Crippen molar-refractivity contribution in [2.24, 2.45) is 0 Å². The highest BCUT2D eigenvalue weighted by Crippen LogP contribution is 2.45. The quantitative estimate of drug-likeness (QED) is 0.884. The fourth-order valence-electron chi connectivity index (χ4n) is 2.16. The van der Waals surface area contributed by atoms with Gasteiger partial charge in [0, 0.05) is 5.56 Å². The topological polar surface area (TPSA) is 104 Å². The minimum Gasteiger partial charge on any atom is -0.493 e. The zero-order valence-electron chi connectivity index (χ0n) is 11.7. The molecule has 1 aromatic carbocycles. The van der Waals surface area contributed by atoms with Crippen LogP contribution in [0.1, 0.15) is 10.5 Å². The van der Waals surface area contributed by atoms with E-state index in [1.807, 2.05) is 0 Å². The number of nitrogens with zero attached hydrogens (tertiary/aromatic N) is 1. The Morgan fingerprint density at radius 2 is 2.22 bits per heavy atom. The largest absolute Gasteiger partial charge is 0.493 e. The molecule has 0 spiro atoms. The molecule has 0 amide bonds. The highest BCUT2D eigenvalue weighted by Gasteiger charge is 2.25. The van der Waals surface area contributed by atoms with Crippen LogP contribution in [0.2, 0.25) is 5.02 Å². The Balaban J connectivity index is 2.25. The number of methoxy groups -OCH3 is 1. The number of aromatic nitrogens is 1. The standard InChI is InChI=1S/C14H10ClFN2O5/c1-21-6-2-5(3-7-13(6)23-4-22-7)11-9(16)10(17)8(15)12(18-11)14(19)20/h2-3H,4H2,1H3,(H2,17,18)(H,19,20). The Morgan fingerprint density at radius 1 is 1.48 bits per heavy atom. The summed E-state index contributed by atoms with van der Waals surface area (Å²) in [6.45, 7) is -0.00576. The lowest BCUT2D eigenvalue weighted by Crippen LogP contribution is -2.08. The second kappa shape index (κ2) is 5.47. The van der Waals surface area contributed by atoms with Crippen LogP contribution in [0, 0.1) is 5.82 Å². The Morgan fingerprint density at radius 3 is 2.87 bits per heavy atom. The fraction of sp³-hybridized carbons (Fsp3) is 0.143. The molecule has 0 unspecified atom stereocenters. The van der Waals surface area contributed by atoms with Gasteiger partial charge in [-0.1, -0.05) is 11.6 Å². The van der Waals surface area contributed by atoms with E-state index in [0.29, 0.717) is 17.2 Å². The third-order valence-corrected chi connectivity index (χ3v) is 3.63. The molecule has 3 N–H and O–H groups in total. The number of halogens is 2. The number of anilines is 1. The van der Waals surface area contributed by atoms with Crippen molar-refractivity contribution in [3.63, 3.8) is 0 Å². The van der Waals surface area contributed by atoms with Crippen molar-refractivity contribution in [3.05, 3.63) is 28.7 Å². The minimum absolute atomic E-state index is 0.00576. The number of carboxylic acid groups (broad SMARTS) is 1. The maximum atomic E-state index is 14.4. The molecule has 0 aliphatic carbocycles. The van der Waals surface area contributed by atoms with Gasteiger partial charge in [-0.15, -0.1) is 0 Å². The first kappa shape index (κ1) is 15.2. The van der Waals surface area contributed by atoms with E-state index in [4.69, 9.17) is 36.7 Å². The second-order valence-corrected chi connectivity index (χ2v) is 4.95. The van der Waals surface area contributed by atoms with Crippen molar-refractivity contribution in [2.45, 2.75) is 0 Å². The Kier molecular flexibility index (Phi) is 3.61. The van der Waals surface area contributed by atoms with Gasteiger partial charge in [-0.2, -0.15) is 0 Å². The second-order valence-electron chi connectivity index (χ2n) is 4.57. The number of fused-ring (bicyclic) bond motifs is 1. The zero-order chi connectivity index (χ0) is 16.7. The molecule has 0 fully saturated rings. The lowest BCUT2D eigenvalue weighted by molar-refractivity contribution is 0.0691.